The Kier molecular flexibility index (Phi) is 12.6. The predicted molar refractivity (Wildman–Crippen MR) is 124 cm³/mol. The zero-order chi connectivity index (χ0) is 24.4. The van der Waals surface area contributed by atoms with E-state index in [2.05, 4.69) is 33.9 Å². The van der Waals surface area contributed by atoms with Gasteiger partial charge in [0, 0.05) is 13.6 Å². The molecule has 4 N–H and O–H groups in total. The van der Waals surface area contributed by atoms with Crippen LogP contribution in [0.2, 0.25) is 0 Å². The number of hydrogen-bond acceptors (Lipinski definition) is 6. The summed E-state index contributed by atoms with van der Waals surface area (Å²) in [5.74, 6) is -0.901. The van der Waals surface area contributed by atoms with Gasteiger partial charge in [0.25, 0.3) is 0 Å². The number of hydrogen-bond donors (Lipinski definition) is 5. The first-order valence-electron chi connectivity index (χ1n) is 10.6. The van der Waals surface area contributed by atoms with Crippen LogP contribution in [0.3, 0.4) is 0 Å². The fraction of sp³-hybridized carbons (Fsp3) is 0.810. The maximum Gasteiger partial charge on any atom is 0.407 e. The molecule has 4 amide bonds. The van der Waals surface area contributed by atoms with Crippen molar-refractivity contribution in [1.29, 1.82) is 0 Å². The maximum atomic E-state index is 12.9. The van der Waals surface area contributed by atoms with Gasteiger partial charge in [-0.05, 0) is 45.4 Å². The van der Waals surface area contributed by atoms with Gasteiger partial charge in [0.15, 0.2) is 0 Å². The summed E-state index contributed by atoms with van der Waals surface area (Å²) in [4.78, 5) is 49.3. The summed E-state index contributed by atoms with van der Waals surface area (Å²) in [5.41, 5.74) is -0.657. The second-order valence-corrected chi connectivity index (χ2v) is 10.0. The molecule has 1 unspecified atom stereocenters. The summed E-state index contributed by atoms with van der Waals surface area (Å²) in [6.45, 7) is 12.9. The molecule has 10 heteroatoms. The van der Waals surface area contributed by atoms with Crippen LogP contribution in [0.25, 0.3) is 0 Å². The van der Waals surface area contributed by atoms with E-state index in [1.807, 2.05) is 27.7 Å². The lowest BCUT2D eigenvalue weighted by Gasteiger charge is -2.25. The lowest BCUT2D eigenvalue weighted by Crippen LogP contribution is -2.55. The zero-order valence-electron chi connectivity index (χ0n) is 20.0. The molecule has 0 aromatic carbocycles. The van der Waals surface area contributed by atoms with Crippen LogP contribution in [0.15, 0.2) is 0 Å². The molecule has 0 aromatic heterocycles. The normalized spacial score (nSPS) is 14.4. The number of rotatable bonds is 11. The van der Waals surface area contributed by atoms with Crippen molar-refractivity contribution >= 4 is 36.4 Å². The van der Waals surface area contributed by atoms with Crippen LogP contribution >= 0.6 is 12.6 Å². The van der Waals surface area contributed by atoms with Crippen molar-refractivity contribution in [2.45, 2.75) is 84.2 Å². The molecule has 0 rings (SSSR count). The summed E-state index contributed by atoms with van der Waals surface area (Å²) < 4.78 is 5.13. The van der Waals surface area contributed by atoms with Crippen LogP contribution < -0.4 is 21.3 Å². The molecule has 0 bridgehead atoms. The molecule has 0 radical (unpaired) electrons. The second-order valence-electron chi connectivity index (χ2n) is 9.39. The van der Waals surface area contributed by atoms with Gasteiger partial charge >= 0.3 is 6.09 Å². The number of ether oxygens (including phenoxy) is 1. The van der Waals surface area contributed by atoms with Crippen LogP contribution in [-0.4, -0.2) is 60.3 Å². The molecular weight excluding hydrogens is 420 g/mol. The van der Waals surface area contributed by atoms with Gasteiger partial charge in [0.2, 0.25) is 17.7 Å². The number of carbonyl (C=O) groups is 4. The molecule has 3 atom stereocenters. The first kappa shape index (κ1) is 29.0. The highest BCUT2D eigenvalue weighted by Crippen LogP contribution is 2.10. The summed E-state index contributed by atoms with van der Waals surface area (Å²) in [6.07, 6.45) is 0.209. The third-order valence-corrected chi connectivity index (χ3v) is 4.48. The van der Waals surface area contributed by atoms with Gasteiger partial charge in [-0.15, -0.1) is 0 Å². The average Bonchev–Trinajstić information content (AvgIpc) is 2.61. The van der Waals surface area contributed by atoms with E-state index in [1.54, 1.807) is 20.8 Å². The lowest BCUT2D eigenvalue weighted by molar-refractivity contribution is -0.132. The molecule has 180 valence electrons. The first-order valence-corrected chi connectivity index (χ1v) is 11.1. The second kappa shape index (κ2) is 13.4. The molecular formula is C21H40N4O5S. The van der Waals surface area contributed by atoms with E-state index in [9.17, 15) is 19.2 Å². The van der Waals surface area contributed by atoms with E-state index in [-0.39, 0.29) is 24.3 Å². The molecule has 0 aliphatic rings. The van der Waals surface area contributed by atoms with Crippen molar-refractivity contribution in [3.8, 4) is 0 Å². The van der Waals surface area contributed by atoms with E-state index < -0.39 is 40.8 Å². The smallest absolute Gasteiger partial charge is 0.407 e. The zero-order valence-corrected chi connectivity index (χ0v) is 20.9. The quantitative estimate of drug-likeness (QED) is 0.300. The molecule has 0 spiro atoms. The largest absolute Gasteiger partial charge is 0.444 e. The molecule has 0 aromatic rings. The Bertz CT molecular complexity index is 619. The van der Waals surface area contributed by atoms with Crippen molar-refractivity contribution in [3.05, 3.63) is 0 Å². The Morgan fingerprint density at radius 2 is 1.29 bits per heavy atom. The Morgan fingerprint density at radius 1 is 0.839 bits per heavy atom. The van der Waals surface area contributed by atoms with E-state index in [4.69, 9.17) is 4.74 Å². The Labute approximate surface area is 191 Å². The van der Waals surface area contributed by atoms with Crippen LogP contribution in [-0.2, 0) is 19.1 Å². The predicted octanol–water partition coefficient (Wildman–Crippen LogP) is 1.62. The van der Waals surface area contributed by atoms with Crippen LogP contribution in [0, 0.1) is 11.8 Å². The molecule has 0 aliphatic carbocycles. The van der Waals surface area contributed by atoms with Crippen molar-refractivity contribution < 1.29 is 23.9 Å². The molecule has 0 saturated carbocycles. The average molecular weight is 461 g/mol. The van der Waals surface area contributed by atoms with E-state index in [0.717, 1.165) is 0 Å². The van der Waals surface area contributed by atoms with E-state index in [0.29, 0.717) is 12.8 Å². The highest BCUT2D eigenvalue weighted by molar-refractivity contribution is 7.81. The van der Waals surface area contributed by atoms with Crippen LogP contribution in [0.1, 0.15) is 61.3 Å². The Hall–Kier alpha value is -1.97. The van der Waals surface area contributed by atoms with Crippen molar-refractivity contribution in [2.75, 3.05) is 13.6 Å². The first-order chi connectivity index (χ1) is 14.2. The third-order valence-electron chi connectivity index (χ3n) is 4.07. The van der Waals surface area contributed by atoms with Crippen molar-refractivity contribution in [3.63, 3.8) is 0 Å². The Balaban J connectivity index is 5.05. The van der Waals surface area contributed by atoms with Crippen LogP contribution in [0.4, 0.5) is 4.79 Å². The minimum absolute atomic E-state index is 0.0614. The van der Waals surface area contributed by atoms with Crippen molar-refractivity contribution in [2.24, 2.45) is 11.8 Å². The highest BCUT2D eigenvalue weighted by atomic mass is 32.1. The molecule has 0 saturated heterocycles. The van der Waals surface area contributed by atoms with Crippen molar-refractivity contribution in [1.82, 2.24) is 21.3 Å². The number of nitrogens with one attached hydrogen (secondary N) is 4. The molecule has 0 heterocycles. The number of amides is 4. The van der Waals surface area contributed by atoms with Gasteiger partial charge in [0.1, 0.15) is 17.7 Å². The lowest BCUT2D eigenvalue weighted by atomic mass is 10.00. The van der Waals surface area contributed by atoms with Crippen LogP contribution in [0.5, 0.6) is 0 Å². The standard InChI is InChI=1S/C21H40N4O5S/c1-12(2)9-14(17(26)22-8)24-18(27)15(10-13(3)4)25-19(28)16(31)11-23-20(29)30-21(5,6)7/h12-16,31H,9-11H2,1-8H3,(H,22,26)(H,23,29)(H,24,27)(H,25,28)/t14-,15-,16?/m0/s1. The maximum absolute atomic E-state index is 12.9. The summed E-state index contributed by atoms with van der Waals surface area (Å²) in [5, 5.41) is 9.59. The van der Waals surface area contributed by atoms with Gasteiger partial charge < -0.3 is 26.0 Å². The van der Waals surface area contributed by atoms with Gasteiger partial charge in [-0.2, -0.15) is 12.6 Å². The highest BCUT2D eigenvalue weighted by Gasteiger charge is 2.29. The van der Waals surface area contributed by atoms with Gasteiger partial charge in [-0.1, -0.05) is 27.7 Å². The third kappa shape index (κ3) is 13.1. The topological polar surface area (TPSA) is 126 Å². The fourth-order valence-electron chi connectivity index (χ4n) is 2.71. The fourth-order valence-corrected chi connectivity index (χ4v) is 2.87. The van der Waals surface area contributed by atoms with Gasteiger partial charge in [-0.3, -0.25) is 14.4 Å². The van der Waals surface area contributed by atoms with Gasteiger partial charge in [0.05, 0.1) is 5.25 Å². The molecule has 0 aliphatic heterocycles. The van der Waals surface area contributed by atoms with Gasteiger partial charge in [-0.25, -0.2) is 4.79 Å². The summed E-state index contributed by atoms with van der Waals surface area (Å²) in [6, 6.07) is -1.52. The summed E-state index contributed by atoms with van der Waals surface area (Å²) >= 11 is 4.23. The number of thiol groups is 1. The number of alkyl carbamates (subject to hydrolysis) is 1. The minimum Gasteiger partial charge on any atom is -0.444 e. The monoisotopic (exact) mass is 460 g/mol. The van der Waals surface area contributed by atoms with E-state index >= 15 is 0 Å². The molecule has 0 fully saturated rings. The number of likely N-dealkylation sites (N-methyl/N-ethyl adjacent to an activating group) is 1. The molecule has 9 nitrogen and oxygen atoms in total. The van der Waals surface area contributed by atoms with E-state index in [1.165, 1.54) is 7.05 Å². The Morgan fingerprint density at radius 3 is 1.71 bits per heavy atom. The minimum atomic E-state index is -0.875. The summed E-state index contributed by atoms with van der Waals surface area (Å²) in [7, 11) is 1.51. The molecule has 31 heavy (non-hydrogen) atoms. The number of carbonyl (C=O) groups excluding carboxylic acids is 4. The SMILES string of the molecule is CNC(=O)[C@H](CC(C)C)NC(=O)[C@H](CC(C)C)NC(=O)C(S)CNC(=O)OC(C)(C)C.